The predicted molar refractivity (Wildman–Crippen MR) is 67.8 cm³/mol. The summed E-state index contributed by atoms with van der Waals surface area (Å²) in [4.78, 5) is 23.3. The lowest BCUT2D eigenvalue weighted by Crippen LogP contribution is -2.49. The fraction of sp³-hybridized carbons (Fsp3) is 0.857. The summed E-state index contributed by atoms with van der Waals surface area (Å²) >= 11 is 0. The highest BCUT2D eigenvalue weighted by atomic mass is 16.6. The van der Waals surface area contributed by atoms with Crippen LogP contribution in [0.25, 0.3) is 0 Å². The Morgan fingerprint density at radius 2 is 1.89 bits per heavy atom. The number of rotatable bonds is 4. The Hall–Kier alpha value is -1.06. The molecule has 1 heterocycles. The zero-order valence-corrected chi connectivity index (χ0v) is 12.1. The summed E-state index contributed by atoms with van der Waals surface area (Å²) in [6, 6.07) is 0. The maximum Gasteiger partial charge on any atom is 0.313 e. The fourth-order valence-electron chi connectivity index (χ4n) is 2.08. The molecule has 1 saturated heterocycles. The van der Waals surface area contributed by atoms with Crippen molar-refractivity contribution in [2.75, 3.05) is 0 Å². The summed E-state index contributed by atoms with van der Waals surface area (Å²) in [5, 5.41) is 0. The first-order valence-corrected chi connectivity index (χ1v) is 6.55. The van der Waals surface area contributed by atoms with E-state index in [4.69, 9.17) is 9.47 Å². The minimum atomic E-state index is -0.483. The van der Waals surface area contributed by atoms with E-state index in [1.165, 1.54) is 0 Å². The molecule has 0 amide bonds. The van der Waals surface area contributed by atoms with Crippen molar-refractivity contribution in [3.05, 3.63) is 0 Å². The first-order chi connectivity index (χ1) is 8.11. The molecule has 0 aromatic carbocycles. The van der Waals surface area contributed by atoms with Gasteiger partial charge >= 0.3 is 11.9 Å². The summed E-state index contributed by atoms with van der Waals surface area (Å²) in [5.41, 5.74) is -0.483. The molecule has 0 radical (unpaired) electrons. The highest BCUT2D eigenvalue weighted by molar-refractivity contribution is 5.80. The smallest absolute Gasteiger partial charge is 0.313 e. The molecule has 1 rings (SSSR count). The maximum atomic E-state index is 11.8. The Kier molecular flexibility index (Phi) is 4.41. The van der Waals surface area contributed by atoms with Crippen LogP contribution in [-0.2, 0) is 19.1 Å². The molecule has 0 bridgehead atoms. The molecular weight excluding hydrogens is 232 g/mol. The van der Waals surface area contributed by atoms with Gasteiger partial charge < -0.3 is 9.47 Å². The number of carbonyl (C=O) groups is 2. The molecule has 0 spiro atoms. The fourth-order valence-corrected chi connectivity index (χ4v) is 2.08. The summed E-state index contributed by atoms with van der Waals surface area (Å²) in [6.07, 6.45) is 0.457. The lowest BCUT2D eigenvalue weighted by atomic mass is 9.82. The molecule has 0 N–H and O–H groups in total. The first-order valence-electron chi connectivity index (χ1n) is 6.55. The predicted octanol–water partition coefficient (Wildman–Crippen LogP) is 2.55. The molecule has 0 aromatic heterocycles. The molecule has 1 aliphatic heterocycles. The van der Waals surface area contributed by atoms with Gasteiger partial charge in [-0.1, -0.05) is 20.8 Å². The molecule has 0 aliphatic carbocycles. The third-order valence-electron chi connectivity index (χ3n) is 3.03. The van der Waals surface area contributed by atoms with Gasteiger partial charge in [0.1, 0.15) is 11.7 Å². The van der Waals surface area contributed by atoms with Crippen molar-refractivity contribution in [2.24, 2.45) is 17.8 Å². The Balaban J connectivity index is 2.51. The first kappa shape index (κ1) is 15.0. The molecule has 0 saturated carbocycles. The Morgan fingerprint density at radius 1 is 1.33 bits per heavy atom. The normalized spacial score (nSPS) is 25.4. The van der Waals surface area contributed by atoms with Crippen molar-refractivity contribution in [1.29, 1.82) is 0 Å². The molecule has 0 unspecified atom stereocenters. The van der Waals surface area contributed by atoms with Gasteiger partial charge in [0.15, 0.2) is 0 Å². The van der Waals surface area contributed by atoms with Crippen LogP contribution in [0.2, 0.25) is 0 Å². The molecule has 104 valence electrons. The van der Waals surface area contributed by atoms with Crippen molar-refractivity contribution >= 4 is 11.9 Å². The van der Waals surface area contributed by atoms with Crippen molar-refractivity contribution in [3.63, 3.8) is 0 Å². The molecule has 0 aromatic rings. The molecule has 1 fully saturated rings. The minimum absolute atomic E-state index is 0.0533. The van der Waals surface area contributed by atoms with Crippen molar-refractivity contribution in [3.8, 4) is 0 Å². The van der Waals surface area contributed by atoms with E-state index in [0.29, 0.717) is 12.3 Å². The van der Waals surface area contributed by atoms with Crippen molar-refractivity contribution in [2.45, 2.75) is 59.7 Å². The number of ether oxygens (including phenoxy) is 2. The van der Waals surface area contributed by atoms with Gasteiger partial charge in [-0.3, -0.25) is 9.59 Å². The summed E-state index contributed by atoms with van der Waals surface area (Å²) < 4.78 is 10.4. The SMILES string of the molecule is CC(C)[C@H]1OC(=O)[C@H]1C[C@H](C)C(=O)OC(C)(C)C. The van der Waals surface area contributed by atoms with Gasteiger partial charge in [-0.05, 0) is 33.1 Å². The monoisotopic (exact) mass is 256 g/mol. The van der Waals surface area contributed by atoms with Gasteiger partial charge in [0.25, 0.3) is 0 Å². The Bertz CT molecular complexity index is 327. The van der Waals surface area contributed by atoms with E-state index in [1.807, 2.05) is 34.6 Å². The van der Waals surface area contributed by atoms with Gasteiger partial charge in [0.05, 0.1) is 11.8 Å². The van der Waals surface area contributed by atoms with E-state index in [-0.39, 0.29) is 29.9 Å². The van der Waals surface area contributed by atoms with Crippen LogP contribution >= 0.6 is 0 Å². The number of esters is 2. The van der Waals surface area contributed by atoms with E-state index in [1.54, 1.807) is 6.92 Å². The molecule has 4 nitrogen and oxygen atoms in total. The van der Waals surface area contributed by atoms with Crippen LogP contribution in [0.5, 0.6) is 0 Å². The second kappa shape index (κ2) is 5.29. The van der Waals surface area contributed by atoms with Gasteiger partial charge in [-0.2, -0.15) is 0 Å². The van der Waals surface area contributed by atoms with Crippen LogP contribution < -0.4 is 0 Å². The van der Waals surface area contributed by atoms with Crippen molar-refractivity contribution < 1.29 is 19.1 Å². The van der Waals surface area contributed by atoms with E-state index in [2.05, 4.69) is 0 Å². The topological polar surface area (TPSA) is 52.6 Å². The van der Waals surface area contributed by atoms with Crippen LogP contribution in [0.15, 0.2) is 0 Å². The van der Waals surface area contributed by atoms with Crippen LogP contribution in [0.1, 0.15) is 48.0 Å². The molecule has 4 heteroatoms. The van der Waals surface area contributed by atoms with E-state index >= 15 is 0 Å². The van der Waals surface area contributed by atoms with E-state index in [0.717, 1.165) is 0 Å². The number of hydrogen-bond donors (Lipinski definition) is 0. The quantitative estimate of drug-likeness (QED) is 0.725. The average Bonchev–Trinajstić information content (AvgIpc) is 2.19. The number of hydrogen-bond acceptors (Lipinski definition) is 4. The van der Waals surface area contributed by atoms with E-state index in [9.17, 15) is 9.59 Å². The summed E-state index contributed by atoms with van der Waals surface area (Å²) in [5.74, 6) is -0.580. The second-order valence-corrected chi connectivity index (χ2v) is 6.42. The standard InChI is InChI=1S/C14H24O4/c1-8(2)11-10(13(16)17-11)7-9(3)12(15)18-14(4,5)6/h8-11H,7H2,1-6H3/t9-,10-,11+/m0/s1. The van der Waals surface area contributed by atoms with Crippen LogP contribution in [0, 0.1) is 17.8 Å². The molecule has 18 heavy (non-hydrogen) atoms. The van der Waals surface area contributed by atoms with Gasteiger partial charge in [-0.25, -0.2) is 0 Å². The summed E-state index contributed by atoms with van der Waals surface area (Å²) in [7, 11) is 0. The Labute approximate surface area is 109 Å². The van der Waals surface area contributed by atoms with Crippen LogP contribution in [0.4, 0.5) is 0 Å². The van der Waals surface area contributed by atoms with Crippen LogP contribution in [-0.4, -0.2) is 23.6 Å². The number of cyclic esters (lactones) is 1. The molecule has 3 atom stereocenters. The lowest BCUT2D eigenvalue weighted by Gasteiger charge is -2.38. The third-order valence-corrected chi connectivity index (χ3v) is 3.03. The highest BCUT2D eigenvalue weighted by Crippen LogP contribution is 2.33. The van der Waals surface area contributed by atoms with Gasteiger partial charge in [0, 0.05) is 0 Å². The number of carbonyl (C=O) groups excluding carboxylic acids is 2. The molecular formula is C14H24O4. The lowest BCUT2D eigenvalue weighted by molar-refractivity contribution is -0.193. The third kappa shape index (κ3) is 3.72. The van der Waals surface area contributed by atoms with Crippen molar-refractivity contribution in [1.82, 2.24) is 0 Å². The molecule has 1 aliphatic rings. The zero-order chi connectivity index (χ0) is 14.1. The largest absolute Gasteiger partial charge is 0.461 e. The summed E-state index contributed by atoms with van der Waals surface area (Å²) in [6.45, 7) is 11.4. The minimum Gasteiger partial charge on any atom is -0.461 e. The Morgan fingerprint density at radius 3 is 2.28 bits per heavy atom. The second-order valence-electron chi connectivity index (χ2n) is 6.42. The van der Waals surface area contributed by atoms with Crippen LogP contribution in [0.3, 0.4) is 0 Å². The van der Waals surface area contributed by atoms with E-state index < -0.39 is 5.60 Å². The highest BCUT2D eigenvalue weighted by Gasteiger charge is 2.45. The average molecular weight is 256 g/mol. The zero-order valence-electron chi connectivity index (χ0n) is 12.1. The van der Waals surface area contributed by atoms with Gasteiger partial charge in [0.2, 0.25) is 0 Å². The maximum absolute atomic E-state index is 11.8. The van der Waals surface area contributed by atoms with Gasteiger partial charge in [-0.15, -0.1) is 0 Å².